The van der Waals surface area contributed by atoms with Crippen molar-refractivity contribution in [3.8, 4) is 0 Å². The number of carbonyl (C=O) groups is 1. The van der Waals surface area contributed by atoms with Gasteiger partial charge in [0.25, 0.3) is 0 Å². The van der Waals surface area contributed by atoms with Gasteiger partial charge in [0.05, 0.1) is 5.69 Å². The minimum absolute atomic E-state index is 0.169. The zero-order chi connectivity index (χ0) is 17.1. The van der Waals surface area contributed by atoms with Crippen LogP contribution in [0.1, 0.15) is 57.6 Å². The van der Waals surface area contributed by atoms with E-state index >= 15 is 0 Å². The van der Waals surface area contributed by atoms with Gasteiger partial charge in [-0.15, -0.1) is 0 Å². The predicted molar refractivity (Wildman–Crippen MR) is 88.0 cm³/mol. The third kappa shape index (κ3) is 5.02. The highest BCUT2D eigenvalue weighted by Gasteiger charge is 2.21. The number of rotatable bonds is 5. The lowest BCUT2D eigenvalue weighted by atomic mass is 10.0. The van der Waals surface area contributed by atoms with Gasteiger partial charge < -0.3 is 15.8 Å². The van der Waals surface area contributed by atoms with Gasteiger partial charge in [0.1, 0.15) is 5.60 Å². The fourth-order valence-electron chi connectivity index (χ4n) is 2.41. The molecule has 1 heterocycles. The van der Waals surface area contributed by atoms with E-state index in [1.54, 1.807) is 0 Å². The van der Waals surface area contributed by atoms with E-state index in [1.807, 2.05) is 32.4 Å². The van der Waals surface area contributed by atoms with Crippen molar-refractivity contribution in [2.45, 2.75) is 72.6 Å². The summed E-state index contributed by atoms with van der Waals surface area (Å²) < 4.78 is 7.29. The maximum atomic E-state index is 11.9. The Bertz CT molecular complexity index is 515. The molecule has 0 radical (unpaired) electrons. The summed E-state index contributed by atoms with van der Waals surface area (Å²) in [5, 5.41) is 7.41. The molecular formula is C16H30N4O2. The predicted octanol–water partition coefficient (Wildman–Crippen LogP) is 2.48. The molecule has 3 N–H and O–H groups in total. The number of aromatic nitrogens is 2. The number of hydrogen-bond donors (Lipinski definition) is 2. The van der Waals surface area contributed by atoms with Gasteiger partial charge in [-0.25, -0.2) is 4.79 Å². The standard InChI is InChI=1S/C16H30N4O2/c1-10(2)20-12(4)14(11(3)19-20)8-13(9-17)18-15(21)22-16(5,6)7/h10,13H,8-9,17H2,1-7H3,(H,18,21). The number of hydrogen-bond acceptors (Lipinski definition) is 4. The second kappa shape index (κ2) is 7.13. The van der Waals surface area contributed by atoms with Gasteiger partial charge in [0.15, 0.2) is 0 Å². The van der Waals surface area contributed by atoms with Crippen LogP contribution in [0, 0.1) is 13.8 Å². The van der Waals surface area contributed by atoms with Crippen LogP contribution in [0.4, 0.5) is 4.79 Å². The van der Waals surface area contributed by atoms with Crippen molar-refractivity contribution in [1.29, 1.82) is 0 Å². The average Bonchev–Trinajstić information content (AvgIpc) is 2.63. The minimum Gasteiger partial charge on any atom is -0.444 e. The van der Waals surface area contributed by atoms with Gasteiger partial charge in [-0.2, -0.15) is 5.10 Å². The Morgan fingerprint density at radius 2 is 1.95 bits per heavy atom. The van der Waals surface area contributed by atoms with E-state index in [0.29, 0.717) is 19.0 Å². The topological polar surface area (TPSA) is 82.2 Å². The van der Waals surface area contributed by atoms with E-state index in [2.05, 4.69) is 31.2 Å². The van der Waals surface area contributed by atoms with Gasteiger partial charge in [0.2, 0.25) is 0 Å². The molecule has 0 bridgehead atoms. The minimum atomic E-state index is -0.516. The highest BCUT2D eigenvalue weighted by atomic mass is 16.6. The number of aryl methyl sites for hydroxylation is 1. The lowest BCUT2D eigenvalue weighted by Crippen LogP contribution is -2.44. The van der Waals surface area contributed by atoms with E-state index < -0.39 is 11.7 Å². The molecule has 1 aromatic rings. The van der Waals surface area contributed by atoms with Crippen molar-refractivity contribution in [1.82, 2.24) is 15.1 Å². The summed E-state index contributed by atoms with van der Waals surface area (Å²) in [6.07, 6.45) is 0.217. The molecule has 6 heteroatoms. The van der Waals surface area contributed by atoms with Crippen LogP contribution in [0.15, 0.2) is 0 Å². The number of alkyl carbamates (subject to hydrolysis) is 1. The summed E-state index contributed by atoms with van der Waals surface area (Å²) in [5.74, 6) is 0. The first-order valence-electron chi connectivity index (χ1n) is 7.79. The van der Waals surface area contributed by atoms with Gasteiger partial charge >= 0.3 is 6.09 Å². The molecule has 0 aliphatic carbocycles. The molecule has 1 aromatic heterocycles. The highest BCUT2D eigenvalue weighted by Crippen LogP contribution is 2.19. The third-order valence-electron chi connectivity index (χ3n) is 3.42. The van der Waals surface area contributed by atoms with Crippen molar-refractivity contribution in [3.05, 3.63) is 17.0 Å². The number of carbonyl (C=O) groups excluding carboxylic acids is 1. The number of amides is 1. The Morgan fingerprint density at radius 3 is 2.36 bits per heavy atom. The molecule has 0 aliphatic heterocycles. The molecule has 0 aliphatic rings. The van der Waals surface area contributed by atoms with E-state index in [1.165, 1.54) is 0 Å². The largest absolute Gasteiger partial charge is 0.444 e. The Balaban J connectivity index is 2.81. The zero-order valence-electron chi connectivity index (χ0n) is 14.9. The summed E-state index contributed by atoms with van der Waals surface area (Å²) in [5.41, 5.74) is 8.53. The van der Waals surface area contributed by atoms with Crippen LogP contribution in [-0.4, -0.2) is 34.1 Å². The SMILES string of the molecule is Cc1nn(C(C)C)c(C)c1CC(CN)NC(=O)OC(C)(C)C. The molecule has 0 spiro atoms. The molecule has 22 heavy (non-hydrogen) atoms. The lowest BCUT2D eigenvalue weighted by Gasteiger charge is -2.23. The Kier molecular flexibility index (Phi) is 6.00. The second-order valence-electron chi connectivity index (χ2n) is 6.97. The quantitative estimate of drug-likeness (QED) is 0.875. The monoisotopic (exact) mass is 310 g/mol. The fraction of sp³-hybridized carbons (Fsp3) is 0.750. The van der Waals surface area contributed by atoms with Crippen molar-refractivity contribution < 1.29 is 9.53 Å². The Hall–Kier alpha value is -1.56. The van der Waals surface area contributed by atoms with Crippen LogP contribution in [0.3, 0.4) is 0 Å². The van der Waals surface area contributed by atoms with Crippen LogP contribution in [-0.2, 0) is 11.2 Å². The Labute approximate surface area is 133 Å². The molecule has 1 rings (SSSR count). The number of nitrogens with two attached hydrogens (primary N) is 1. The summed E-state index contributed by atoms with van der Waals surface area (Å²) in [6, 6.07) is 0.139. The molecule has 126 valence electrons. The first kappa shape index (κ1) is 18.5. The van der Waals surface area contributed by atoms with E-state index in [9.17, 15) is 4.79 Å². The van der Waals surface area contributed by atoms with Crippen molar-refractivity contribution in [2.24, 2.45) is 5.73 Å². The molecule has 6 nitrogen and oxygen atoms in total. The molecule has 0 saturated heterocycles. The van der Waals surface area contributed by atoms with Crippen molar-refractivity contribution >= 4 is 6.09 Å². The van der Waals surface area contributed by atoms with Gasteiger partial charge in [-0.1, -0.05) is 0 Å². The van der Waals surface area contributed by atoms with E-state index in [0.717, 1.165) is 17.0 Å². The molecule has 0 aromatic carbocycles. The van der Waals surface area contributed by atoms with Crippen LogP contribution in [0.25, 0.3) is 0 Å². The van der Waals surface area contributed by atoms with Crippen LogP contribution in [0.2, 0.25) is 0 Å². The average molecular weight is 310 g/mol. The van der Waals surface area contributed by atoms with E-state index in [-0.39, 0.29) is 6.04 Å². The van der Waals surface area contributed by atoms with E-state index in [4.69, 9.17) is 10.5 Å². The van der Waals surface area contributed by atoms with Crippen LogP contribution in [0.5, 0.6) is 0 Å². The normalized spacial score (nSPS) is 13.3. The zero-order valence-corrected chi connectivity index (χ0v) is 14.9. The number of ether oxygens (including phenoxy) is 1. The van der Waals surface area contributed by atoms with Gasteiger partial charge in [0, 0.05) is 24.3 Å². The Morgan fingerprint density at radius 1 is 1.36 bits per heavy atom. The first-order valence-corrected chi connectivity index (χ1v) is 7.79. The summed E-state index contributed by atoms with van der Waals surface area (Å²) >= 11 is 0. The molecular weight excluding hydrogens is 280 g/mol. The molecule has 1 unspecified atom stereocenters. The highest BCUT2D eigenvalue weighted by molar-refractivity contribution is 5.68. The molecule has 0 saturated carbocycles. The first-order chi connectivity index (χ1) is 10.0. The second-order valence-corrected chi connectivity index (χ2v) is 6.97. The maximum absolute atomic E-state index is 11.9. The summed E-state index contributed by atoms with van der Waals surface area (Å²) in [6.45, 7) is 14.1. The number of nitrogens with zero attached hydrogens (tertiary/aromatic N) is 2. The smallest absolute Gasteiger partial charge is 0.407 e. The van der Waals surface area contributed by atoms with Crippen molar-refractivity contribution in [3.63, 3.8) is 0 Å². The van der Waals surface area contributed by atoms with Crippen LogP contribution < -0.4 is 11.1 Å². The summed E-state index contributed by atoms with van der Waals surface area (Å²) in [7, 11) is 0. The summed E-state index contributed by atoms with van der Waals surface area (Å²) in [4.78, 5) is 11.9. The van der Waals surface area contributed by atoms with Gasteiger partial charge in [-0.05, 0) is 60.5 Å². The fourth-order valence-corrected chi connectivity index (χ4v) is 2.41. The van der Waals surface area contributed by atoms with Gasteiger partial charge in [-0.3, -0.25) is 4.68 Å². The molecule has 1 amide bonds. The molecule has 1 atom stereocenters. The van der Waals surface area contributed by atoms with Crippen LogP contribution >= 0.6 is 0 Å². The maximum Gasteiger partial charge on any atom is 0.407 e. The third-order valence-corrected chi connectivity index (χ3v) is 3.42. The van der Waals surface area contributed by atoms with Crippen molar-refractivity contribution in [2.75, 3.05) is 6.54 Å². The lowest BCUT2D eigenvalue weighted by molar-refractivity contribution is 0.0506. The molecule has 0 fully saturated rings. The number of nitrogens with one attached hydrogen (secondary N) is 1.